The second-order valence-corrected chi connectivity index (χ2v) is 7.87. The number of phenols is 1. The Morgan fingerprint density at radius 3 is 2.52 bits per heavy atom. The molecule has 2 aromatic carbocycles. The Kier molecular flexibility index (Phi) is 5.94. The number of likely N-dealkylation sites (tertiary alicyclic amines) is 1. The summed E-state index contributed by atoms with van der Waals surface area (Å²) in [5, 5.41) is 14.1. The van der Waals surface area contributed by atoms with E-state index in [4.69, 9.17) is 0 Å². The molecule has 0 atom stereocenters. The molecule has 1 fully saturated rings. The molecule has 0 saturated carbocycles. The number of nitrogens with zero attached hydrogens (tertiary/aromatic N) is 3. The first kappa shape index (κ1) is 19.2. The molecule has 1 amide bonds. The van der Waals surface area contributed by atoms with E-state index in [0.717, 1.165) is 43.6 Å². The second-order valence-electron chi connectivity index (χ2n) is 7.87. The van der Waals surface area contributed by atoms with Crippen LogP contribution in [0, 0.1) is 5.92 Å². The molecule has 3 aromatic rings. The molecule has 5 heteroatoms. The summed E-state index contributed by atoms with van der Waals surface area (Å²) in [6, 6.07) is 19.7. The fourth-order valence-corrected chi connectivity index (χ4v) is 4.03. The number of amides is 1. The van der Waals surface area contributed by atoms with E-state index in [1.807, 2.05) is 29.3 Å². The number of aromatic nitrogens is 2. The molecule has 29 heavy (non-hydrogen) atoms. The normalized spacial score (nSPS) is 14.8. The number of aromatic hydroxyl groups is 1. The lowest BCUT2D eigenvalue weighted by Gasteiger charge is -2.32. The Balaban J connectivity index is 1.26. The van der Waals surface area contributed by atoms with Gasteiger partial charge in [0.1, 0.15) is 12.3 Å². The van der Waals surface area contributed by atoms with E-state index in [-0.39, 0.29) is 18.2 Å². The van der Waals surface area contributed by atoms with Gasteiger partial charge in [0.05, 0.1) is 5.69 Å². The van der Waals surface area contributed by atoms with Crippen molar-refractivity contribution in [3.63, 3.8) is 0 Å². The van der Waals surface area contributed by atoms with Crippen molar-refractivity contribution in [1.82, 2.24) is 14.7 Å². The van der Waals surface area contributed by atoms with Gasteiger partial charge in [-0.1, -0.05) is 42.5 Å². The van der Waals surface area contributed by atoms with Crippen molar-refractivity contribution >= 4 is 5.91 Å². The Hall–Kier alpha value is -3.08. The van der Waals surface area contributed by atoms with E-state index < -0.39 is 0 Å². The number of carbonyl (C=O) groups is 1. The first-order valence-electron chi connectivity index (χ1n) is 10.3. The second kappa shape index (κ2) is 8.95. The third-order valence-corrected chi connectivity index (χ3v) is 5.62. The Bertz CT molecular complexity index is 944. The Morgan fingerprint density at radius 1 is 1.00 bits per heavy atom. The molecule has 0 aliphatic carbocycles. The number of carbonyl (C=O) groups excluding carboxylic acids is 1. The average Bonchev–Trinajstić information content (AvgIpc) is 3.16. The summed E-state index contributed by atoms with van der Waals surface area (Å²) < 4.78 is 1.72. The van der Waals surface area contributed by atoms with Crippen molar-refractivity contribution in [2.24, 2.45) is 5.92 Å². The van der Waals surface area contributed by atoms with Crippen molar-refractivity contribution in [2.75, 3.05) is 13.1 Å². The van der Waals surface area contributed by atoms with Gasteiger partial charge in [0.25, 0.3) is 0 Å². The zero-order valence-corrected chi connectivity index (χ0v) is 16.6. The fourth-order valence-electron chi connectivity index (χ4n) is 4.03. The molecule has 0 bridgehead atoms. The molecular formula is C24H27N3O2. The molecule has 2 heterocycles. The highest BCUT2D eigenvalue weighted by molar-refractivity contribution is 5.76. The van der Waals surface area contributed by atoms with Crippen molar-refractivity contribution in [1.29, 1.82) is 0 Å². The molecule has 1 aromatic heterocycles. The van der Waals surface area contributed by atoms with Crippen molar-refractivity contribution < 1.29 is 9.90 Å². The zero-order valence-electron chi connectivity index (χ0n) is 16.6. The van der Waals surface area contributed by atoms with Gasteiger partial charge in [0.15, 0.2) is 0 Å². The lowest BCUT2D eigenvalue weighted by molar-refractivity contribution is -0.133. The quantitative estimate of drug-likeness (QED) is 0.700. The van der Waals surface area contributed by atoms with Crippen LogP contribution in [0.25, 0.3) is 0 Å². The van der Waals surface area contributed by atoms with Crippen LogP contribution in [0.3, 0.4) is 0 Å². The number of benzene rings is 2. The van der Waals surface area contributed by atoms with E-state index >= 15 is 0 Å². The van der Waals surface area contributed by atoms with Crippen LogP contribution in [0.15, 0.2) is 66.9 Å². The summed E-state index contributed by atoms with van der Waals surface area (Å²) in [5.41, 5.74) is 3.28. The summed E-state index contributed by atoms with van der Waals surface area (Å²) in [4.78, 5) is 14.6. The van der Waals surface area contributed by atoms with Gasteiger partial charge in [-0.2, -0.15) is 5.10 Å². The highest BCUT2D eigenvalue weighted by Crippen LogP contribution is 2.22. The molecule has 150 valence electrons. The van der Waals surface area contributed by atoms with E-state index in [9.17, 15) is 9.90 Å². The van der Waals surface area contributed by atoms with Gasteiger partial charge in [0.2, 0.25) is 5.91 Å². The first-order chi connectivity index (χ1) is 14.2. The molecule has 1 N–H and O–H groups in total. The van der Waals surface area contributed by atoms with Crippen LogP contribution in [0.5, 0.6) is 5.75 Å². The van der Waals surface area contributed by atoms with E-state index in [0.29, 0.717) is 12.3 Å². The molecule has 1 saturated heterocycles. The molecule has 1 aliphatic heterocycles. The Morgan fingerprint density at radius 2 is 1.76 bits per heavy atom. The molecular weight excluding hydrogens is 362 g/mol. The Labute approximate surface area is 171 Å². The summed E-state index contributed by atoms with van der Waals surface area (Å²) in [6.07, 6.45) is 5.71. The number of piperidine rings is 1. The van der Waals surface area contributed by atoms with Crippen LogP contribution >= 0.6 is 0 Å². The highest BCUT2D eigenvalue weighted by Gasteiger charge is 2.23. The summed E-state index contributed by atoms with van der Waals surface area (Å²) >= 11 is 0. The summed E-state index contributed by atoms with van der Waals surface area (Å²) in [5.74, 6) is 1.04. The van der Waals surface area contributed by atoms with Crippen LogP contribution in [-0.4, -0.2) is 38.8 Å². The fraction of sp³-hybridized carbons (Fsp3) is 0.333. The molecule has 0 spiro atoms. The molecule has 1 aliphatic rings. The van der Waals surface area contributed by atoms with Crippen molar-refractivity contribution in [3.05, 3.63) is 83.7 Å². The number of hydrogen-bond donors (Lipinski definition) is 1. The van der Waals surface area contributed by atoms with Crippen LogP contribution < -0.4 is 0 Å². The van der Waals surface area contributed by atoms with Crippen molar-refractivity contribution in [2.45, 2.75) is 32.2 Å². The van der Waals surface area contributed by atoms with Gasteiger partial charge >= 0.3 is 0 Å². The number of hydrogen-bond acceptors (Lipinski definition) is 3. The third-order valence-electron chi connectivity index (χ3n) is 5.62. The third kappa shape index (κ3) is 5.25. The van der Waals surface area contributed by atoms with Crippen LogP contribution in [0.2, 0.25) is 0 Å². The first-order valence-corrected chi connectivity index (χ1v) is 10.3. The molecule has 0 unspecified atom stereocenters. The minimum Gasteiger partial charge on any atom is -0.508 e. The maximum absolute atomic E-state index is 12.7. The van der Waals surface area contributed by atoms with Gasteiger partial charge in [-0.3, -0.25) is 9.48 Å². The van der Waals surface area contributed by atoms with Crippen LogP contribution in [-0.2, 0) is 24.2 Å². The molecule has 5 nitrogen and oxygen atoms in total. The lowest BCUT2D eigenvalue weighted by atomic mass is 9.90. The van der Waals surface area contributed by atoms with Gasteiger partial charge in [0, 0.05) is 25.7 Å². The van der Waals surface area contributed by atoms with Crippen LogP contribution in [0.1, 0.15) is 29.7 Å². The van der Waals surface area contributed by atoms with Crippen LogP contribution in [0.4, 0.5) is 0 Å². The van der Waals surface area contributed by atoms with Crippen molar-refractivity contribution in [3.8, 4) is 5.75 Å². The highest BCUT2D eigenvalue weighted by atomic mass is 16.3. The van der Waals surface area contributed by atoms with Gasteiger partial charge in [-0.15, -0.1) is 0 Å². The summed E-state index contributed by atoms with van der Waals surface area (Å²) in [7, 11) is 0. The minimum absolute atomic E-state index is 0.134. The maximum Gasteiger partial charge on any atom is 0.244 e. The topological polar surface area (TPSA) is 58.4 Å². The lowest BCUT2D eigenvalue weighted by Crippen LogP contribution is -2.40. The largest absolute Gasteiger partial charge is 0.508 e. The molecule has 4 rings (SSSR count). The maximum atomic E-state index is 12.7. The summed E-state index contributed by atoms with van der Waals surface area (Å²) in [6.45, 7) is 1.94. The minimum atomic E-state index is 0.134. The van der Waals surface area contributed by atoms with E-state index in [1.54, 1.807) is 16.8 Å². The number of phenolic OH excluding ortho intramolecular Hbond substituents is 1. The number of rotatable bonds is 6. The molecule has 0 radical (unpaired) electrons. The monoisotopic (exact) mass is 389 g/mol. The standard InChI is InChI=1S/C24H27N3O2/c28-23-8-4-7-21(17-23)16-22-11-14-27(25-22)18-24(29)26-12-9-20(10-13-26)15-19-5-2-1-3-6-19/h1-8,11,14,17,20,28H,9-10,12-13,15-16,18H2. The van der Waals surface area contributed by atoms with E-state index in [1.165, 1.54) is 5.56 Å². The SMILES string of the molecule is O=C(Cn1ccc(Cc2cccc(O)c2)n1)N1CCC(Cc2ccccc2)CC1. The smallest absolute Gasteiger partial charge is 0.244 e. The average molecular weight is 389 g/mol. The zero-order chi connectivity index (χ0) is 20.1. The predicted octanol–water partition coefficient (Wildman–Crippen LogP) is 3.66. The predicted molar refractivity (Wildman–Crippen MR) is 113 cm³/mol. The van der Waals surface area contributed by atoms with Gasteiger partial charge < -0.3 is 10.0 Å². The van der Waals surface area contributed by atoms with E-state index in [2.05, 4.69) is 35.4 Å². The van der Waals surface area contributed by atoms with Gasteiger partial charge in [-0.25, -0.2) is 0 Å². The van der Waals surface area contributed by atoms with Gasteiger partial charge in [-0.05, 0) is 54.5 Å².